The van der Waals surface area contributed by atoms with Crippen LogP contribution in [-0.2, 0) is 12.8 Å². The molecule has 0 aliphatic carbocycles. The molecule has 0 saturated heterocycles. The van der Waals surface area contributed by atoms with E-state index in [1.165, 1.54) is 18.2 Å². The molecule has 0 saturated carbocycles. The van der Waals surface area contributed by atoms with Gasteiger partial charge in [-0.05, 0) is 48.8 Å². The van der Waals surface area contributed by atoms with E-state index in [0.29, 0.717) is 22.8 Å². The van der Waals surface area contributed by atoms with Gasteiger partial charge in [-0.1, -0.05) is 74.0 Å². The Morgan fingerprint density at radius 2 is 1.55 bits per heavy atom. The summed E-state index contributed by atoms with van der Waals surface area (Å²) >= 11 is 0. The maximum atomic E-state index is 14.8. The summed E-state index contributed by atoms with van der Waals surface area (Å²) in [5.41, 5.74) is 2.02. The molecule has 0 aromatic heterocycles. The minimum Gasteiger partial charge on any atom is -0.206 e. The normalized spacial score (nSPS) is 12.6. The molecule has 0 aliphatic rings. The summed E-state index contributed by atoms with van der Waals surface area (Å²) in [5, 5.41) is 0.972. The van der Waals surface area contributed by atoms with Crippen LogP contribution in [0.2, 0.25) is 0 Å². The fraction of sp³-hybridized carbons (Fsp3) is 0.231. The molecule has 3 rings (SSSR count). The first-order chi connectivity index (χ1) is 14.0. The highest BCUT2D eigenvalue weighted by Gasteiger charge is 2.14. The summed E-state index contributed by atoms with van der Waals surface area (Å²) in [6.45, 7) is 4.00. The van der Waals surface area contributed by atoms with Crippen LogP contribution < -0.4 is 0 Å². The molecule has 0 atom stereocenters. The highest BCUT2D eigenvalue weighted by Crippen LogP contribution is 2.32. The lowest BCUT2D eigenvalue weighted by Gasteiger charge is -2.08. The third-order valence-electron chi connectivity index (χ3n) is 5.04. The molecule has 150 valence electrons. The van der Waals surface area contributed by atoms with Crippen molar-refractivity contribution in [1.82, 2.24) is 0 Å². The maximum Gasteiger partial charge on any atom is 0.166 e. The summed E-state index contributed by atoms with van der Waals surface area (Å²) in [7, 11) is 0. The van der Waals surface area contributed by atoms with E-state index in [1.807, 2.05) is 31.2 Å². The lowest BCUT2D eigenvalue weighted by atomic mass is 9.99. The van der Waals surface area contributed by atoms with Crippen LogP contribution in [0.15, 0.2) is 66.7 Å². The highest BCUT2D eigenvalue weighted by molar-refractivity contribution is 5.90. The van der Waals surface area contributed by atoms with Gasteiger partial charge in [0.25, 0.3) is 0 Å². The summed E-state index contributed by atoms with van der Waals surface area (Å²) in [6.07, 6.45) is 7.19. The zero-order valence-electron chi connectivity index (χ0n) is 16.8. The van der Waals surface area contributed by atoms with Gasteiger partial charge in [0.05, 0.1) is 0 Å². The average Bonchev–Trinajstić information content (AvgIpc) is 2.75. The van der Waals surface area contributed by atoms with Gasteiger partial charge >= 0.3 is 0 Å². The lowest BCUT2D eigenvalue weighted by Crippen LogP contribution is -1.93. The second-order valence-electron chi connectivity index (χ2n) is 7.16. The van der Waals surface area contributed by atoms with Crippen molar-refractivity contribution in [2.75, 3.05) is 0 Å². The van der Waals surface area contributed by atoms with Gasteiger partial charge < -0.3 is 0 Å². The Balaban J connectivity index is 1.92. The largest absolute Gasteiger partial charge is 0.206 e. The van der Waals surface area contributed by atoms with Crippen LogP contribution in [0.25, 0.3) is 22.4 Å². The van der Waals surface area contributed by atoms with E-state index >= 15 is 0 Å². The number of fused-ring (bicyclic) bond motifs is 1. The summed E-state index contributed by atoms with van der Waals surface area (Å²) in [6, 6.07) is 14.8. The molecule has 29 heavy (non-hydrogen) atoms. The Morgan fingerprint density at radius 3 is 2.24 bits per heavy atom. The van der Waals surface area contributed by atoms with Crippen molar-refractivity contribution in [2.45, 2.75) is 39.5 Å². The summed E-state index contributed by atoms with van der Waals surface area (Å²) in [4.78, 5) is 0. The van der Waals surface area contributed by atoms with Gasteiger partial charge in [-0.15, -0.1) is 0 Å². The maximum absolute atomic E-state index is 14.8. The Labute approximate surface area is 170 Å². The van der Waals surface area contributed by atoms with Crippen molar-refractivity contribution >= 4 is 22.4 Å². The first-order valence-electron chi connectivity index (χ1n) is 10.0. The molecular weight excluding hydrogens is 369 g/mol. The van der Waals surface area contributed by atoms with Gasteiger partial charge in [0.1, 0.15) is 5.82 Å². The second-order valence-corrected chi connectivity index (χ2v) is 7.16. The molecule has 0 heterocycles. The summed E-state index contributed by atoms with van der Waals surface area (Å²) < 4.78 is 44.2. The molecule has 3 heteroatoms. The van der Waals surface area contributed by atoms with E-state index in [2.05, 4.69) is 6.92 Å². The Hall–Kier alpha value is -2.81. The number of benzene rings is 3. The third-order valence-corrected chi connectivity index (χ3v) is 5.04. The molecular formula is C26H25F3. The van der Waals surface area contributed by atoms with Crippen molar-refractivity contribution in [3.05, 3.63) is 94.8 Å². The van der Waals surface area contributed by atoms with Crippen LogP contribution in [0.5, 0.6) is 0 Å². The van der Waals surface area contributed by atoms with Crippen LogP contribution in [0.3, 0.4) is 0 Å². The van der Waals surface area contributed by atoms with Crippen molar-refractivity contribution < 1.29 is 13.2 Å². The molecule has 0 nitrogen and oxygen atoms in total. The van der Waals surface area contributed by atoms with Gasteiger partial charge in [-0.3, -0.25) is 0 Å². The number of hydrogen-bond acceptors (Lipinski definition) is 0. The SMILES string of the molecule is C/C=C/CCc1ccc2cc(C(F)=C(F)c3ccc(CCC)cc3)ccc2c1F. The quantitative estimate of drug-likeness (QED) is 0.280. The van der Waals surface area contributed by atoms with Crippen LogP contribution in [0.1, 0.15) is 48.9 Å². The van der Waals surface area contributed by atoms with E-state index in [0.717, 1.165) is 24.8 Å². The first kappa shape index (κ1) is 20.9. The monoisotopic (exact) mass is 394 g/mol. The van der Waals surface area contributed by atoms with Gasteiger partial charge in [-0.2, -0.15) is 0 Å². The lowest BCUT2D eigenvalue weighted by molar-refractivity contribution is 0.621. The minimum atomic E-state index is -0.937. The van der Waals surface area contributed by atoms with Crippen LogP contribution in [0.4, 0.5) is 13.2 Å². The number of hydrogen-bond donors (Lipinski definition) is 0. The van der Waals surface area contributed by atoms with E-state index in [9.17, 15) is 13.2 Å². The van der Waals surface area contributed by atoms with Crippen molar-refractivity contribution in [3.8, 4) is 0 Å². The van der Waals surface area contributed by atoms with Crippen LogP contribution in [0, 0.1) is 5.82 Å². The fourth-order valence-corrected chi connectivity index (χ4v) is 3.43. The van der Waals surface area contributed by atoms with E-state index in [1.54, 1.807) is 24.3 Å². The Kier molecular flexibility index (Phi) is 6.92. The minimum absolute atomic E-state index is 0.105. The van der Waals surface area contributed by atoms with Crippen molar-refractivity contribution in [1.29, 1.82) is 0 Å². The van der Waals surface area contributed by atoms with Crippen molar-refractivity contribution in [3.63, 3.8) is 0 Å². The van der Waals surface area contributed by atoms with Gasteiger partial charge in [0, 0.05) is 16.5 Å². The fourth-order valence-electron chi connectivity index (χ4n) is 3.43. The average molecular weight is 394 g/mol. The first-order valence-corrected chi connectivity index (χ1v) is 10.0. The molecule has 3 aromatic rings. The number of rotatable bonds is 7. The van der Waals surface area contributed by atoms with Gasteiger partial charge in [0.15, 0.2) is 11.7 Å². The molecule has 0 aliphatic heterocycles. The van der Waals surface area contributed by atoms with Gasteiger partial charge in [-0.25, -0.2) is 13.2 Å². The van der Waals surface area contributed by atoms with Crippen molar-refractivity contribution in [2.24, 2.45) is 0 Å². The molecule has 0 spiro atoms. The van der Waals surface area contributed by atoms with Crippen LogP contribution in [-0.4, -0.2) is 0 Å². The zero-order chi connectivity index (χ0) is 20.8. The summed E-state index contributed by atoms with van der Waals surface area (Å²) in [5.74, 6) is -2.14. The molecule has 0 radical (unpaired) electrons. The highest BCUT2D eigenvalue weighted by atomic mass is 19.2. The number of halogens is 3. The van der Waals surface area contributed by atoms with E-state index in [4.69, 9.17) is 0 Å². The standard InChI is InChI=1S/C26H25F3/c1-3-5-6-8-19-13-14-21-17-22(15-16-23(21)24(19)27)26(29)25(28)20-11-9-18(7-4-2)10-12-20/h3,5,9-17H,4,6-8H2,1-2H3/b5-3+,26-25?. The Bertz CT molecular complexity index is 1040. The smallest absolute Gasteiger partial charge is 0.166 e. The molecule has 0 N–H and O–H groups in total. The molecule has 0 fully saturated rings. The predicted octanol–water partition coefficient (Wildman–Crippen LogP) is 8.20. The Morgan fingerprint density at radius 1 is 0.862 bits per heavy atom. The van der Waals surface area contributed by atoms with E-state index < -0.39 is 11.7 Å². The third kappa shape index (κ3) is 4.79. The number of allylic oxidation sites excluding steroid dienone is 2. The zero-order valence-corrected chi connectivity index (χ0v) is 16.8. The number of aryl methyl sites for hydroxylation is 2. The topological polar surface area (TPSA) is 0 Å². The molecule has 0 unspecified atom stereocenters. The molecule has 3 aromatic carbocycles. The van der Waals surface area contributed by atoms with Gasteiger partial charge in [0.2, 0.25) is 0 Å². The molecule has 0 amide bonds. The van der Waals surface area contributed by atoms with E-state index in [-0.39, 0.29) is 16.9 Å². The second kappa shape index (κ2) is 9.60. The predicted molar refractivity (Wildman–Crippen MR) is 117 cm³/mol. The van der Waals surface area contributed by atoms with Crippen LogP contribution >= 0.6 is 0 Å². The molecule has 0 bridgehead atoms.